The Bertz CT molecular complexity index is 1210. The van der Waals surface area contributed by atoms with Crippen molar-refractivity contribution in [3.8, 4) is 0 Å². The maximum absolute atomic E-state index is 13.4. The minimum atomic E-state index is -0.200. The second-order valence-corrected chi connectivity index (χ2v) is 8.89. The van der Waals surface area contributed by atoms with Crippen molar-refractivity contribution in [1.29, 1.82) is 0 Å². The fourth-order valence-corrected chi connectivity index (χ4v) is 4.46. The average Bonchev–Trinajstić information content (AvgIpc) is 3.12. The third kappa shape index (κ3) is 4.38. The highest BCUT2D eigenvalue weighted by Gasteiger charge is 2.22. The molecule has 6 heteroatoms. The van der Waals surface area contributed by atoms with Crippen LogP contribution in [0.2, 0.25) is 0 Å². The number of carbonyl (C=O) groups is 1. The van der Waals surface area contributed by atoms with Crippen molar-refractivity contribution in [1.82, 2.24) is 4.98 Å². The predicted octanol–water partition coefficient (Wildman–Crippen LogP) is 6.20. The number of thiazole rings is 1. The zero-order valence-corrected chi connectivity index (χ0v) is 18.9. The minimum absolute atomic E-state index is 0.200. The van der Waals surface area contributed by atoms with Crippen molar-refractivity contribution in [3.63, 3.8) is 0 Å². The molecule has 0 atom stereocenters. The van der Waals surface area contributed by atoms with Gasteiger partial charge in [-0.2, -0.15) is 10.1 Å². The van der Waals surface area contributed by atoms with E-state index in [9.17, 15) is 4.79 Å². The largest absolute Gasteiger partial charge is 0.281 e. The lowest BCUT2D eigenvalue weighted by molar-refractivity contribution is 0.0987. The van der Waals surface area contributed by atoms with Crippen molar-refractivity contribution in [2.75, 3.05) is 5.01 Å². The van der Waals surface area contributed by atoms with Gasteiger partial charge in [0.2, 0.25) is 5.13 Å². The van der Waals surface area contributed by atoms with Crippen molar-refractivity contribution < 1.29 is 4.79 Å². The van der Waals surface area contributed by atoms with Crippen LogP contribution in [0.5, 0.6) is 0 Å². The number of hydrazone groups is 1. The molecule has 4 nitrogen and oxygen atoms in total. The second kappa shape index (κ2) is 8.42. The zero-order chi connectivity index (χ0) is 20.4. The molecule has 0 fully saturated rings. The summed E-state index contributed by atoms with van der Waals surface area (Å²) in [6, 6.07) is 21.6. The van der Waals surface area contributed by atoms with Gasteiger partial charge in [0.05, 0.1) is 22.0 Å². The number of halogens is 1. The van der Waals surface area contributed by atoms with Crippen molar-refractivity contribution in [2.45, 2.75) is 13.8 Å². The zero-order valence-electron chi connectivity index (χ0n) is 16.0. The van der Waals surface area contributed by atoms with E-state index in [0.717, 1.165) is 24.9 Å². The van der Waals surface area contributed by atoms with Gasteiger partial charge >= 0.3 is 0 Å². The van der Waals surface area contributed by atoms with Crippen LogP contribution >= 0.6 is 33.9 Å². The van der Waals surface area contributed by atoms with Crippen LogP contribution in [0.1, 0.15) is 27.0 Å². The first-order chi connectivity index (χ1) is 14.0. The molecular weight excluding hydrogens is 493 g/mol. The number of carbonyl (C=O) groups excluding carboxylic acids is 1. The maximum Gasteiger partial charge on any atom is 0.281 e. The third-order valence-corrected chi connectivity index (χ3v) is 6.34. The molecule has 0 radical (unpaired) electrons. The van der Waals surface area contributed by atoms with E-state index in [1.165, 1.54) is 21.9 Å². The Labute approximate surface area is 187 Å². The average molecular weight is 511 g/mol. The monoisotopic (exact) mass is 511 g/mol. The van der Waals surface area contributed by atoms with Gasteiger partial charge in [-0.15, -0.1) is 0 Å². The lowest BCUT2D eigenvalue weighted by atomic mass is 10.2. The SMILES string of the molecule is Cc1ccc(/C=N/N(C(=O)c2ccccc2I)c2nc3ccc(C)cc3s2)cc1. The highest BCUT2D eigenvalue weighted by atomic mass is 127. The molecule has 0 saturated carbocycles. The minimum Gasteiger partial charge on any atom is -0.267 e. The molecule has 0 spiro atoms. The van der Waals surface area contributed by atoms with Gasteiger partial charge in [-0.1, -0.05) is 59.4 Å². The quantitative estimate of drug-likeness (QED) is 0.186. The van der Waals surface area contributed by atoms with E-state index in [1.807, 2.05) is 74.5 Å². The van der Waals surface area contributed by atoms with Crippen LogP contribution in [-0.2, 0) is 0 Å². The summed E-state index contributed by atoms with van der Waals surface area (Å²) < 4.78 is 1.91. The fourth-order valence-electron chi connectivity index (χ4n) is 2.82. The normalized spacial score (nSPS) is 11.3. The molecule has 1 heterocycles. The molecule has 0 aliphatic carbocycles. The van der Waals surface area contributed by atoms with E-state index in [2.05, 4.69) is 38.7 Å². The van der Waals surface area contributed by atoms with Crippen LogP contribution in [0.15, 0.2) is 71.8 Å². The number of aryl methyl sites for hydroxylation is 2. The fraction of sp³-hybridized carbons (Fsp3) is 0.0870. The van der Waals surface area contributed by atoms with Gasteiger partial charge in [0.1, 0.15) is 0 Å². The van der Waals surface area contributed by atoms with Crippen LogP contribution in [-0.4, -0.2) is 17.1 Å². The van der Waals surface area contributed by atoms with Crippen LogP contribution in [0.25, 0.3) is 10.2 Å². The number of rotatable bonds is 4. The van der Waals surface area contributed by atoms with E-state index < -0.39 is 0 Å². The molecule has 29 heavy (non-hydrogen) atoms. The summed E-state index contributed by atoms with van der Waals surface area (Å²) in [5.41, 5.74) is 4.72. The Morgan fingerprint density at radius 3 is 2.52 bits per heavy atom. The first kappa shape index (κ1) is 19.7. The molecule has 0 saturated heterocycles. The number of anilines is 1. The van der Waals surface area contributed by atoms with E-state index >= 15 is 0 Å². The Morgan fingerprint density at radius 1 is 1.03 bits per heavy atom. The van der Waals surface area contributed by atoms with Gasteiger partial charge in [-0.25, -0.2) is 4.98 Å². The number of hydrogen-bond donors (Lipinski definition) is 0. The lowest BCUT2D eigenvalue weighted by Gasteiger charge is -2.14. The summed E-state index contributed by atoms with van der Waals surface area (Å²) in [6.07, 6.45) is 1.70. The molecule has 0 aliphatic rings. The molecule has 1 amide bonds. The Balaban J connectivity index is 1.78. The predicted molar refractivity (Wildman–Crippen MR) is 129 cm³/mol. The molecule has 4 rings (SSSR count). The summed E-state index contributed by atoms with van der Waals surface area (Å²) in [7, 11) is 0. The van der Waals surface area contributed by atoms with E-state index in [0.29, 0.717) is 10.7 Å². The van der Waals surface area contributed by atoms with Gasteiger partial charge in [-0.05, 0) is 71.8 Å². The van der Waals surface area contributed by atoms with E-state index in [1.54, 1.807) is 6.21 Å². The first-order valence-electron chi connectivity index (χ1n) is 9.08. The van der Waals surface area contributed by atoms with Crippen molar-refractivity contribution >= 4 is 61.4 Å². The number of fused-ring (bicyclic) bond motifs is 1. The lowest BCUT2D eigenvalue weighted by Crippen LogP contribution is -2.26. The van der Waals surface area contributed by atoms with Gasteiger partial charge in [0.15, 0.2) is 0 Å². The molecule has 144 valence electrons. The number of aromatic nitrogens is 1. The summed E-state index contributed by atoms with van der Waals surface area (Å²) in [4.78, 5) is 18.0. The number of nitrogens with zero attached hydrogens (tertiary/aromatic N) is 3. The number of hydrogen-bond acceptors (Lipinski definition) is 4. The van der Waals surface area contributed by atoms with E-state index in [-0.39, 0.29) is 5.91 Å². The highest BCUT2D eigenvalue weighted by Crippen LogP contribution is 2.31. The van der Waals surface area contributed by atoms with Gasteiger partial charge in [0, 0.05) is 3.57 Å². The third-order valence-electron chi connectivity index (χ3n) is 4.41. The van der Waals surface area contributed by atoms with Gasteiger partial charge in [0.25, 0.3) is 5.91 Å². The summed E-state index contributed by atoms with van der Waals surface area (Å²) in [6.45, 7) is 4.08. The number of amides is 1. The topological polar surface area (TPSA) is 45.6 Å². The van der Waals surface area contributed by atoms with Crippen LogP contribution in [0.4, 0.5) is 5.13 Å². The molecule has 0 aliphatic heterocycles. The molecular formula is C23H18IN3OS. The summed E-state index contributed by atoms with van der Waals surface area (Å²) in [5.74, 6) is -0.200. The molecule has 3 aromatic carbocycles. The Kier molecular flexibility index (Phi) is 5.73. The maximum atomic E-state index is 13.4. The van der Waals surface area contributed by atoms with E-state index in [4.69, 9.17) is 0 Å². The highest BCUT2D eigenvalue weighted by molar-refractivity contribution is 14.1. The summed E-state index contributed by atoms with van der Waals surface area (Å²) >= 11 is 3.64. The standard InChI is InChI=1S/C23H18IN3OS/c1-15-7-10-17(11-8-15)14-25-27(22(28)18-5-3-4-6-19(18)24)23-26-20-12-9-16(2)13-21(20)29-23/h3-14H,1-2H3/b25-14+. The Morgan fingerprint density at radius 2 is 1.76 bits per heavy atom. The first-order valence-corrected chi connectivity index (χ1v) is 11.0. The molecule has 4 aromatic rings. The van der Waals surface area contributed by atoms with Gasteiger partial charge < -0.3 is 0 Å². The second-order valence-electron chi connectivity index (χ2n) is 6.72. The van der Waals surface area contributed by atoms with Crippen LogP contribution in [0.3, 0.4) is 0 Å². The smallest absolute Gasteiger partial charge is 0.267 e. The van der Waals surface area contributed by atoms with Crippen LogP contribution < -0.4 is 5.01 Å². The van der Waals surface area contributed by atoms with Crippen molar-refractivity contribution in [3.05, 3.63) is 92.6 Å². The molecule has 0 N–H and O–H groups in total. The molecule has 0 unspecified atom stereocenters. The number of benzene rings is 3. The van der Waals surface area contributed by atoms with Gasteiger partial charge in [-0.3, -0.25) is 4.79 Å². The summed E-state index contributed by atoms with van der Waals surface area (Å²) in [5, 5.41) is 6.49. The van der Waals surface area contributed by atoms with Crippen LogP contribution in [0, 0.1) is 17.4 Å². The Hall–Kier alpha value is -2.58. The van der Waals surface area contributed by atoms with Crippen molar-refractivity contribution in [2.24, 2.45) is 5.10 Å². The molecule has 1 aromatic heterocycles. The molecule has 0 bridgehead atoms.